The highest BCUT2D eigenvalue weighted by molar-refractivity contribution is 8.18. The van der Waals surface area contributed by atoms with Crippen molar-refractivity contribution >= 4 is 41.3 Å². The van der Waals surface area contributed by atoms with Crippen molar-refractivity contribution in [2.24, 2.45) is 4.99 Å². The molecule has 1 aromatic carbocycles. The number of ether oxygens (including phenoxy) is 2. The average Bonchev–Trinajstić information content (AvgIpc) is 3.18. The number of nitrogens with one attached hydrogen (secondary N) is 1. The van der Waals surface area contributed by atoms with Crippen LogP contribution in [0.15, 0.2) is 28.1 Å². The van der Waals surface area contributed by atoms with Crippen LogP contribution in [0.2, 0.25) is 0 Å². The van der Waals surface area contributed by atoms with Crippen molar-refractivity contribution in [3.05, 3.63) is 28.7 Å². The number of halogens is 1. The number of rotatable bonds is 2. The maximum absolute atomic E-state index is 12.1. The highest BCUT2D eigenvalue weighted by Gasteiger charge is 2.25. The van der Waals surface area contributed by atoms with Crippen molar-refractivity contribution in [3.8, 4) is 11.5 Å². The molecule has 2 fully saturated rings. The number of fused-ring (bicyclic) bond motifs is 1. The summed E-state index contributed by atoms with van der Waals surface area (Å²) in [6, 6.07) is 6.08. The highest BCUT2D eigenvalue weighted by Crippen LogP contribution is 2.33. The summed E-state index contributed by atoms with van der Waals surface area (Å²) >= 11 is 1.42. The van der Waals surface area contributed by atoms with Gasteiger partial charge < -0.3 is 14.8 Å². The molecular weight excluding hydrogens is 348 g/mol. The van der Waals surface area contributed by atoms with Gasteiger partial charge in [-0.25, -0.2) is 0 Å². The molecule has 5 nitrogen and oxygen atoms in total. The standard InChI is InChI=1S/C17H18N2O3S.ClH/c20-16-15(23-17(19-16)18-12-3-1-2-4-12)10-11-5-6-13-14(9-11)22-8-7-21-13;/h5-6,9-10,12H,1-4,7-8H2,(H,18,19,20);1H/b15-10+;. The van der Waals surface area contributed by atoms with E-state index < -0.39 is 0 Å². The third-order valence-corrected chi connectivity index (χ3v) is 5.06. The monoisotopic (exact) mass is 366 g/mol. The molecule has 1 N–H and O–H groups in total. The topological polar surface area (TPSA) is 59.9 Å². The lowest BCUT2D eigenvalue weighted by Crippen LogP contribution is -2.21. The molecule has 2 heterocycles. The van der Waals surface area contributed by atoms with Gasteiger partial charge in [0.15, 0.2) is 16.7 Å². The Balaban J connectivity index is 0.00000169. The van der Waals surface area contributed by atoms with Gasteiger partial charge in [-0.2, -0.15) is 0 Å². The van der Waals surface area contributed by atoms with Crippen molar-refractivity contribution in [1.82, 2.24) is 5.32 Å². The lowest BCUT2D eigenvalue weighted by atomic mass is 10.2. The van der Waals surface area contributed by atoms with Crippen molar-refractivity contribution in [1.29, 1.82) is 0 Å². The number of hydrogen-bond acceptors (Lipinski definition) is 5. The van der Waals surface area contributed by atoms with E-state index in [-0.39, 0.29) is 18.3 Å². The fourth-order valence-electron chi connectivity index (χ4n) is 2.99. The Hall–Kier alpha value is -1.66. The van der Waals surface area contributed by atoms with Crippen LogP contribution in [0.3, 0.4) is 0 Å². The van der Waals surface area contributed by atoms with Gasteiger partial charge in [-0.15, -0.1) is 12.4 Å². The average molecular weight is 367 g/mol. The lowest BCUT2D eigenvalue weighted by molar-refractivity contribution is -0.115. The van der Waals surface area contributed by atoms with Crippen molar-refractivity contribution in [3.63, 3.8) is 0 Å². The summed E-state index contributed by atoms with van der Waals surface area (Å²) in [6.45, 7) is 1.13. The molecule has 0 unspecified atom stereocenters. The Kier molecular flexibility index (Phi) is 5.36. The second-order valence-electron chi connectivity index (χ2n) is 5.84. The van der Waals surface area contributed by atoms with Gasteiger partial charge in [-0.3, -0.25) is 9.79 Å². The van der Waals surface area contributed by atoms with Crippen molar-refractivity contribution < 1.29 is 14.3 Å². The summed E-state index contributed by atoms with van der Waals surface area (Å²) in [5, 5.41) is 3.59. The van der Waals surface area contributed by atoms with Crippen molar-refractivity contribution in [2.75, 3.05) is 13.2 Å². The van der Waals surface area contributed by atoms with E-state index in [1.807, 2.05) is 24.3 Å². The molecule has 4 rings (SSSR count). The molecule has 0 bridgehead atoms. The number of hydrogen-bond donors (Lipinski definition) is 1. The van der Waals surface area contributed by atoms with E-state index in [0.717, 1.165) is 35.1 Å². The number of nitrogens with zero attached hydrogens (tertiary/aromatic N) is 1. The molecule has 7 heteroatoms. The second kappa shape index (κ2) is 7.49. The molecule has 1 saturated carbocycles. The van der Waals surface area contributed by atoms with E-state index in [1.165, 1.54) is 24.6 Å². The van der Waals surface area contributed by atoms with E-state index >= 15 is 0 Å². The Bertz CT molecular complexity index is 699. The number of carbonyl (C=O) groups excluding carboxylic acids is 1. The normalized spacial score (nSPS) is 23.4. The fraction of sp³-hybridized carbons (Fsp3) is 0.412. The van der Waals surface area contributed by atoms with Crippen LogP contribution in [0.25, 0.3) is 6.08 Å². The van der Waals surface area contributed by atoms with Crippen LogP contribution in [0, 0.1) is 0 Å². The molecule has 0 spiro atoms. The van der Waals surface area contributed by atoms with Gasteiger partial charge in [0, 0.05) is 0 Å². The zero-order valence-electron chi connectivity index (χ0n) is 13.1. The van der Waals surface area contributed by atoms with Crippen LogP contribution in [0.4, 0.5) is 0 Å². The first-order valence-electron chi connectivity index (χ1n) is 7.96. The number of benzene rings is 1. The number of carbonyl (C=O) groups is 1. The largest absolute Gasteiger partial charge is 0.486 e. The second-order valence-corrected chi connectivity index (χ2v) is 6.87. The first kappa shape index (κ1) is 17.2. The summed E-state index contributed by atoms with van der Waals surface area (Å²) in [5.74, 6) is 1.40. The zero-order chi connectivity index (χ0) is 15.6. The van der Waals surface area contributed by atoms with Crippen LogP contribution in [0.5, 0.6) is 11.5 Å². The maximum atomic E-state index is 12.1. The quantitative estimate of drug-likeness (QED) is 0.815. The Morgan fingerprint density at radius 3 is 2.71 bits per heavy atom. The summed E-state index contributed by atoms with van der Waals surface area (Å²) < 4.78 is 11.1. The summed E-state index contributed by atoms with van der Waals surface area (Å²) in [7, 11) is 0. The van der Waals surface area contributed by atoms with Gasteiger partial charge in [0.2, 0.25) is 0 Å². The number of amides is 1. The van der Waals surface area contributed by atoms with E-state index in [9.17, 15) is 4.79 Å². The molecule has 3 aliphatic rings. The lowest BCUT2D eigenvalue weighted by Gasteiger charge is -2.18. The van der Waals surface area contributed by atoms with E-state index in [1.54, 1.807) is 0 Å². The molecular formula is C17H19ClN2O3S. The van der Waals surface area contributed by atoms with Crippen LogP contribution in [0.1, 0.15) is 31.2 Å². The van der Waals surface area contributed by atoms with Gasteiger partial charge >= 0.3 is 0 Å². The maximum Gasteiger partial charge on any atom is 0.264 e. The molecule has 0 atom stereocenters. The van der Waals surface area contributed by atoms with Gasteiger partial charge in [-0.05, 0) is 48.4 Å². The summed E-state index contributed by atoms with van der Waals surface area (Å²) in [5.41, 5.74) is 0.925. The van der Waals surface area contributed by atoms with Crippen LogP contribution < -0.4 is 14.8 Å². The molecule has 24 heavy (non-hydrogen) atoms. The van der Waals surface area contributed by atoms with Gasteiger partial charge in [0.25, 0.3) is 5.91 Å². The Morgan fingerprint density at radius 2 is 1.92 bits per heavy atom. The highest BCUT2D eigenvalue weighted by atomic mass is 35.5. The minimum absolute atomic E-state index is 0. The summed E-state index contributed by atoms with van der Waals surface area (Å²) in [6.07, 6.45) is 6.59. The third kappa shape index (κ3) is 3.70. The SMILES string of the molecule is Cl.O=C1NC(=NC2CCCC2)S/C1=C/c1ccc2c(c1)OCCO2. The smallest absolute Gasteiger partial charge is 0.264 e. The number of aliphatic imine (C=N–C) groups is 1. The Labute approximate surface area is 151 Å². The molecule has 1 aliphatic carbocycles. The first-order valence-corrected chi connectivity index (χ1v) is 8.78. The van der Waals surface area contributed by atoms with Gasteiger partial charge in [0.1, 0.15) is 13.2 Å². The molecule has 1 aromatic rings. The van der Waals surface area contributed by atoms with E-state index in [2.05, 4.69) is 10.3 Å². The van der Waals surface area contributed by atoms with Crippen LogP contribution >= 0.6 is 24.2 Å². The van der Waals surface area contributed by atoms with Gasteiger partial charge in [-0.1, -0.05) is 18.9 Å². The van der Waals surface area contributed by atoms with Gasteiger partial charge in [0.05, 0.1) is 10.9 Å². The molecule has 0 radical (unpaired) electrons. The third-order valence-electron chi connectivity index (χ3n) is 4.14. The first-order chi connectivity index (χ1) is 11.3. The molecule has 0 aromatic heterocycles. The number of amidine groups is 1. The van der Waals surface area contributed by atoms with Crippen LogP contribution in [-0.4, -0.2) is 30.3 Å². The predicted octanol–water partition coefficient (Wildman–Crippen LogP) is 3.38. The molecule has 128 valence electrons. The molecule has 1 saturated heterocycles. The van der Waals surface area contributed by atoms with Crippen LogP contribution in [-0.2, 0) is 4.79 Å². The minimum Gasteiger partial charge on any atom is -0.486 e. The summed E-state index contributed by atoms with van der Waals surface area (Å²) in [4.78, 5) is 17.4. The molecule has 2 aliphatic heterocycles. The number of thioether (sulfide) groups is 1. The minimum atomic E-state index is -0.0818. The Morgan fingerprint density at radius 1 is 1.17 bits per heavy atom. The van der Waals surface area contributed by atoms with E-state index in [4.69, 9.17) is 9.47 Å². The molecule has 1 amide bonds. The fourth-order valence-corrected chi connectivity index (χ4v) is 3.88. The predicted molar refractivity (Wildman–Crippen MR) is 98.1 cm³/mol. The van der Waals surface area contributed by atoms with Crippen molar-refractivity contribution in [2.45, 2.75) is 31.7 Å². The van der Waals surface area contributed by atoms with E-state index in [0.29, 0.717) is 24.2 Å². The zero-order valence-corrected chi connectivity index (χ0v) is 14.8.